The van der Waals surface area contributed by atoms with Gasteiger partial charge in [0.25, 0.3) is 5.69 Å². The number of benzene rings is 1. The van der Waals surface area contributed by atoms with Gasteiger partial charge < -0.3 is 9.73 Å². The number of nitrogens with one attached hydrogen (secondary N) is 1. The number of hydrogen-bond acceptors (Lipinski definition) is 4. The molecule has 0 saturated heterocycles. The molecule has 6 heteroatoms. The van der Waals surface area contributed by atoms with Gasteiger partial charge in [-0.15, -0.1) is 0 Å². The molecule has 0 atom stereocenters. The Hall–Kier alpha value is -1.85. The number of non-ortho nitro benzene ring substituents is 1. The molecule has 0 radical (unpaired) electrons. The summed E-state index contributed by atoms with van der Waals surface area (Å²) in [5.74, 6) is 0.786. The minimum Gasteiger partial charge on any atom is -0.448 e. The average Bonchev–Trinajstić information content (AvgIpc) is 2.81. The van der Waals surface area contributed by atoms with Gasteiger partial charge >= 0.3 is 0 Å². The molecular formula is C13H13ClN2O3. The molecule has 2 aromatic rings. The van der Waals surface area contributed by atoms with Crippen LogP contribution in [-0.4, -0.2) is 11.5 Å². The Labute approximate surface area is 115 Å². The highest BCUT2D eigenvalue weighted by atomic mass is 35.5. The van der Waals surface area contributed by atoms with Crippen molar-refractivity contribution < 1.29 is 9.34 Å². The minimum atomic E-state index is -0.400. The van der Waals surface area contributed by atoms with E-state index in [1.165, 1.54) is 12.1 Å². The topological polar surface area (TPSA) is 68.3 Å². The lowest BCUT2D eigenvalue weighted by Gasteiger charge is -2.03. The van der Waals surface area contributed by atoms with E-state index in [1.807, 2.05) is 6.07 Å². The first-order valence-corrected chi connectivity index (χ1v) is 6.21. The first kappa shape index (κ1) is 13.6. The highest BCUT2D eigenvalue weighted by molar-refractivity contribution is 6.28. The highest BCUT2D eigenvalue weighted by Gasteiger charge is 2.04. The zero-order valence-corrected chi connectivity index (χ0v) is 10.9. The van der Waals surface area contributed by atoms with Gasteiger partial charge in [0, 0.05) is 12.1 Å². The van der Waals surface area contributed by atoms with Crippen molar-refractivity contribution >= 4 is 17.3 Å². The van der Waals surface area contributed by atoms with E-state index in [0.717, 1.165) is 24.3 Å². The molecular weight excluding hydrogens is 268 g/mol. The van der Waals surface area contributed by atoms with Crippen LogP contribution >= 0.6 is 11.6 Å². The van der Waals surface area contributed by atoms with Crippen molar-refractivity contribution in [3.63, 3.8) is 0 Å². The third kappa shape index (κ3) is 4.08. The van der Waals surface area contributed by atoms with Gasteiger partial charge in [0.05, 0.1) is 11.5 Å². The van der Waals surface area contributed by atoms with Gasteiger partial charge in [-0.05, 0) is 42.3 Å². The van der Waals surface area contributed by atoms with Gasteiger partial charge in [-0.2, -0.15) is 0 Å². The SMILES string of the molecule is O=[N+]([O-])c1ccc(CCNCc2ccc(Cl)o2)cc1. The summed E-state index contributed by atoms with van der Waals surface area (Å²) in [4.78, 5) is 10.1. The van der Waals surface area contributed by atoms with Crippen molar-refractivity contribution in [1.82, 2.24) is 5.32 Å². The monoisotopic (exact) mass is 280 g/mol. The minimum absolute atomic E-state index is 0.113. The van der Waals surface area contributed by atoms with Crippen molar-refractivity contribution in [2.24, 2.45) is 0 Å². The highest BCUT2D eigenvalue weighted by Crippen LogP contribution is 2.13. The van der Waals surface area contributed by atoms with Gasteiger partial charge in [-0.1, -0.05) is 12.1 Å². The molecule has 2 rings (SSSR count). The van der Waals surface area contributed by atoms with E-state index in [2.05, 4.69) is 5.32 Å². The van der Waals surface area contributed by atoms with Crippen molar-refractivity contribution in [1.29, 1.82) is 0 Å². The van der Waals surface area contributed by atoms with Gasteiger partial charge in [-0.25, -0.2) is 0 Å². The molecule has 0 aliphatic carbocycles. The molecule has 0 bridgehead atoms. The Balaban J connectivity index is 1.75. The third-order valence-electron chi connectivity index (χ3n) is 2.67. The fourth-order valence-electron chi connectivity index (χ4n) is 1.68. The van der Waals surface area contributed by atoms with Crippen LogP contribution in [0.3, 0.4) is 0 Å². The Morgan fingerprint density at radius 3 is 2.53 bits per heavy atom. The predicted octanol–water partition coefficient (Wildman–Crippen LogP) is 3.17. The number of furan rings is 1. The van der Waals surface area contributed by atoms with Crippen LogP contribution in [0.15, 0.2) is 40.8 Å². The van der Waals surface area contributed by atoms with Crippen LogP contribution in [0.25, 0.3) is 0 Å². The molecule has 1 aromatic heterocycles. The Bertz CT molecular complexity index is 551. The van der Waals surface area contributed by atoms with E-state index >= 15 is 0 Å². The molecule has 0 unspecified atom stereocenters. The molecule has 5 nitrogen and oxygen atoms in total. The van der Waals surface area contributed by atoms with Crippen LogP contribution < -0.4 is 5.32 Å². The number of nitrogens with zero attached hydrogens (tertiary/aromatic N) is 1. The van der Waals surface area contributed by atoms with Crippen LogP contribution in [0, 0.1) is 10.1 Å². The molecule has 1 N–H and O–H groups in total. The molecule has 0 amide bonds. The summed E-state index contributed by atoms with van der Waals surface area (Å²) in [6, 6.07) is 10.1. The zero-order chi connectivity index (χ0) is 13.7. The molecule has 19 heavy (non-hydrogen) atoms. The second-order valence-electron chi connectivity index (χ2n) is 4.06. The number of rotatable bonds is 6. The fourth-order valence-corrected chi connectivity index (χ4v) is 1.84. The second-order valence-corrected chi connectivity index (χ2v) is 4.43. The van der Waals surface area contributed by atoms with Crippen molar-refractivity contribution in [3.05, 3.63) is 63.1 Å². The Morgan fingerprint density at radius 2 is 1.95 bits per heavy atom. The predicted molar refractivity (Wildman–Crippen MR) is 72.2 cm³/mol. The lowest BCUT2D eigenvalue weighted by atomic mass is 10.1. The number of halogens is 1. The lowest BCUT2D eigenvalue weighted by Crippen LogP contribution is -2.16. The number of nitro benzene ring substituents is 1. The summed E-state index contributed by atoms with van der Waals surface area (Å²) in [7, 11) is 0. The van der Waals surface area contributed by atoms with Crippen LogP contribution in [0.2, 0.25) is 5.22 Å². The molecule has 0 aliphatic rings. The first-order chi connectivity index (χ1) is 9.15. The van der Waals surface area contributed by atoms with Gasteiger partial charge in [0.1, 0.15) is 5.76 Å². The van der Waals surface area contributed by atoms with E-state index in [0.29, 0.717) is 11.8 Å². The molecule has 0 spiro atoms. The number of nitro groups is 1. The third-order valence-corrected chi connectivity index (χ3v) is 2.87. The Kier molecular flexibility index (Phi) is 4.54. The van der Waals surface area contributed by atoms with Crippen LogP contribution in [0.1, 0.15) is 11.3 Å². The molecule has 0 fully saturated rings. The molecule has 100 valence electrons. The van der Waals surface area contributed by atoms with Crippen molar-refractivity contribution in [2.75, 3.05) is 6.54 Å². The summed E-state index contributed by atoms with van der Waals surface area (Å²) in [5.41, 5.74) is 1.16. The molecule has 0 saturated carbocycles. The van der Waals surface area contributed by atoms with Crippen molar-refractivity contribution in [3.8, 4) is 0 Å². The molecule has 1 aromatic carbocycles. The largest absolute Gasteiger partial charge is 0.448 e. The van der Waals surface area contributed by atoms with Crippen LogP contribution in [0.4, 0.5) is 5.69 Å². The maximum absolute atomic E-state index is 10.5. The summed E-state index contributed by atoms with van der Waals surface area (Å²) in [6.45, 7) is 1.37. The first-order valence-electron chi connectivity index (χ1n) is 5.83. The van der Waals surface area contributed by atoms with E-state index < -0.39 is 4.92 Å². The normalized spacial score (nSPS) is 10.6. The molecule has 1 heterocycles. The zero-order valence-electron chi connectivity index (χ0n) is 10.1. The second kappa shape index (κ2) is 6.36. The summed E-state index contributed by atoms with van der Waals surface area (Å²) in [5, 5.41) is 14.1. The standard InChI is InChI=1S/C13H13ClN2O3/c14-13-6-5-12(19-13)9-15-8-7-10-1-3-11(4-2-10)16(17)18/h1-6,15H,7-9H2. The van der Waals surface area contributed by atoms with E-state index in [-0.39, 0.29) is 5.69 Å². The van der Waals surface area contributed by atoms with Gasteiger partial charge in [0.15, 0.2) is 5.22 Å². The van der Waals surface area contributed by atoms with Crippen LogP contribution in [-0.2, 0) is 13.0 Å². The van der Waals surface area contributed by atoms with Gasteiger partial charge in [0.2, 0.25) is 0 Å². The van der Waals surface area contributed by atoms with Crippen LogP contribution in [0.5, 0.6) is 0 Å². The van der Waals surface area contributed by atoms with E-state index in [1.54, 1.807) is 18.2 Å². The summed E-state index contributed by atoms with van der Waals surface area (Å²) >= 11 is 5.66. The van der Waals surface area contributed by atoms with E-state index in [4.69, 9.17) is 16.0 Å². The lowest BCUT2D eigenvalue weighted by molar-refractivity contribution is -0.384. The fraction of sp³-hybridized carbons (Fsp3) is 0.231. The van der Waals surface area contributed by atoms with Crippen molar-refractivity contribution in [2.45, 2.75) is 13.0 Å². The maximum Gasteiger partial charge on any atom is 0.269 e. The summed E-state index contributed by atoms with van der Waals surface area (Å²) in [6.07, 6.45) is 0.798. The quantitative estimate of drug-likeness (QED) is 0.501. The maximum atomic E-state index is 10.5. The van der Waals surface area contributed by atoms with Gasteiger partial charge in [-0.3, -0.25) is 10.1 Å². The Morgan fingerprint density at radius 1 is 1.21 bits per heavy atom. The molecule has 0 aliphatic heterocycles. The smallest absolute Gasteiger partial charge is 0.269 e. The summed E-state index contributed by atoms with van der Waals surface area (Å²) < 4.78 is 5.21. The number of hydrogen-bond donors (Lipinski definition) is 1. The van der Waals surface area contributed by atoms with E-state index in [9.17, 15) is 10.1 Å². The average molecular weight is 281 g/mol.